The van der Waals surface area contributed by atoms with Gasteiger partial charge in [-0.1, -0.05) is 5.16 Å². The first kappa shape index (κ1) is 14.0. The van der Waals surface area contributed by atoms with Crippen molar-refractivity contribution < 1.29 is 18.4 Å². The highest BCUT2D eigenvalue weighted by Crippen LogP contribution is 2.20. The molecule has 1 fully saturated rings. The summed E-state index contributed by atoms with van der Waals surface area (Å²) in [7, 11) is 0. The average molecular weight is 254 g/mol. The van der Waals surface area contributed by atoms with E-state index in [9.17, 15) is 13.2 Å². The molecule has 0 aromatic heterocycles. The van der Waals surface area contributed by atoms with Crippen LogP contribution in [-0.4, -0.2) is 66.3 Å². The minimum absolute atomic E-state index is 0.0426. The Hall–Kier alpha value is -1.02. The number of nitrogens with zero attached hydrogens (tertiary/aromatic N) is 3. The standard InChI is InChI=1S/C9H17F3N4O/c10-9(11,12)1-2-15-3-5-16(6-4-15)7-8(13)14-17/h17H,1-7H2,(H2,13,14). The van der Waals surface area contributed by atoms with Crippen LogP contribution in [0.25, 0.3) is 0 Å². The van der Waals surface area contributed by atoms with Crippen molar-refractivity contribution in [2.45, 2.75) is 12.6 Å². The molecule has 1 heterocycles. The van der Waals surface area contributed by atoms with Crippen molar-refractivity contribution in [3.63, 3.8) is 0 Å². The highest BCUT2D eigenvalue weighted by Gasteiger charge is 2.28. The molecule has 0 aromatic rings. The Kier molecular flexibility index (Phi) is 5.01. The van der Waals surface area contributed by atoms with Crippen LogP contribution in [0.1, 0.15) is 6.42 Å². The van der Waals surface area contributed by atoms with Gasteiger partial charge < -0.3 is 15.8 Å². The molecule has 0 bridgehead atoms. The van der Waals surface area contributed by atoms with Gasteiger partial charge in [0.25, 0.3) is 0 Å². The third-order valence-corrected chi connectivity index (χ3v) is 2.69. The maximum atomic E-state index is 12.0. The van der Waals surface area contributed by atoms with E-state index in [1.54, 1.807) is 4.90 Å². The zero-order chi connectivity index (χ0) is 12.9. The summed E-state index contributed by atoms with van der Waals surface area (Å²) in [4.78, 5) is 3.72. The van der Waals surface area contributed by atoms with E-state index in [0.717, 1.165) is 0 Å². The smallest absolute Gasteiger partial charge is 0.390 e. The molecule has 1 saturated heterocycles. The van der Waals surface area contributed by atoms with Crippen molar-refractivity contribution in [2.75, 3.05) is 39.3 Å². The van der Waals surface area contributed by atoms with E-state index in [-0.39, 0.29) is 12.4 Å². The van der Waals surface area contributed by atoms with Crippen LogP contribution in [-0.2, 0) is 0 Å². The van der Waals surface area contributed by atoms with Crippen molar-refractivity contribution in [3.05, 3.63) is 0 Å². The number of hydrogen-bond donors (Lipinski definition) is 2. The molecule has 0 radical (unpaired) electrons. The zero-order valence-corrected chi connectivity index (χ0v) is 9.45. The van der Waals surface area contributed by atoms with Crippen LogP contribution in [0.3, 0.4) is 0 Å². The molecule has 5 nitrogen and oxygen atoms in total. The minimum atomic E-state index is -4.09. The average Bonchev–Trinajstić information content (AvgIpc) is 2.27. The molecule has 0 aromatic carbocycles. The molecule has 0 aliphatic carbocycles. The summed E-state index contributed by atoms with van der Waals surface area (Å²) in [6.07, 6.45) is -4.86. The molecule has 0 amide bonds. The van der Waals surface area contributed by atoms with Crippen LogP contribution in [0, 0.1) is 0 Å². The Bertz CT molecular complexity index is 261. The Morgan fingerprint density at radius 2 is 1.71 bits per heavy atom. The van der Waals surface area contributed by atoms with E-state index in [2.05, 4.69) is 5.16 Å². The SMILES string of the molecule is NC(CN1CCN(CCC(F)(F)F)CC1)=NO. The lowest BCUT2D eigenvalue weighted by Gasteiger charge is -2.34. The van der Waals surface area contributed by atoms with Crippen LogP contribution in [0.5, 0.6) is 0 Å². The van der Waals surface area contributed by atoms with Gasteiger partial charge in [0.2, 0.25) is 0 Å². The summed E-state index contributed by atoms with van der Waals surface area (Å²) in [5.41, 5.74) is 5.35. The normalized spacial score (nSPS) is 20.8. The Morgan fingerprint density at radius 1 is 1.18 bits per heavy atom. The summed E-state index contributed by atoms with van der Waals surface area (Å²) in [5, 5.41) is 11.3. The second-order valence-electron chi connectivity index (χ2n) is 4.07. The fourth-order valence-corrected chi connectivity index (χ4v) is 1.72. The van der Waals surface area contributed by atoms with Gasteiger partial charge in [-0.05, 0) is 0 Å². The molecular formula is C9H17F3N4O. The maximum Gasteiger partial charge on any atom is 0.390 e. The predicted octanol–water partition coefficient (Wildman–Crippen LogP) is 0.303. The molecule has 3 N–H and O–H groups in total. The van der Waals surface area contributed by atoms with E-state index in [1.165, 1.54) is 0 Å². The lowest BCUT2D eigenvalue weighted by atomic mass is 10.3. The van der Waals surface area contributed by atoms with Crippen molar-refractivity contribution in [1.82, 2.24) is 9.80 Å². The number of nitrogens with two attached hydrogens (primary N) is 1. The molecule has 0 unspecified atom stereocenters. The van der Waals surface area contributed by atoms with Gasteiger partial charge in [-0.2, -0.15) is 13.2 Å². The number of halogens is 3. The number of amidine groups is 1. The van der Waals surface area contributed by atoms with Crippen molar-refractivity contribution in [1.29, 1.82) is 0 Å². The van der Waals surface area contributed by atoms with Crippen LogP contribution in [0.4, 0.5) is 13.2 Å². The van der Waals surface area contributed by atoms with E-state index in [1.807, 2.05) is 4.90 Å². The summed E-state index contributed by atoms with van der Waals surface area (Å²) in [5.74, 6) is 0.119. The number of alkyl halides is 3. The van der Waals surface area contributed by atoms with Gasteiger partial charge in [0.05, 0.1) is 13.0 Å². The molecule has 1 aliphatic heterocycles. The molecular weight excluding hydrogens is 237 g/mol. The summed E-state index contributed by atoms with van der Waals surface area (Å²) in [6.45, 7) is 2.82. The molecule has 0 atom stereocenters. The Labute approximate surface area is 97.7 Å². The number of piperazine rings is 1. The first-order valence-corrected chi connectivity index (χ1v) is 5.38. The first-order valence-electron chi connectivity index (χ1n) is 5.38. The van der Waals surface area contributed by atoms with Gasteiger partial charge in [-0.25, -0.2) is 0 Å². The van der Waals surface area contributed by atoms with E-state index in [0.29, 0.717) is 32.7 Å². The highest BCUT2D eigenvalue weighted by atomic mass is 19.4. The van der Waals surface area contributed by atoms with E-state index >= 15 is 0 Å². The number of oxime groups is 1. The van der Waals surface area contributed by atoms with Gasteiger partial charge in [-0.3, -0.25) is 4.90 Å². The molecule has 0 saturated carbocycles. The van der Waals surface area contributed by atoms with Crippen molar-refractivity contribution in [2.24, 2.45) is 10.9 Å². The van der Waals surface area contributed by atoms with Crippen molar-refractivity contribution in [3.8, 4) is 0 Å². The largest absolute Gasteiger partial charge is 0.409 e. The number of rotatable bonds is 4. The Balaban J connectivity index is 2.22. The van der Waals surface area contributed by atoms with Gasteiger partial charge in [-0.15, -0.1) is 0 Å². The fraction of sp³-hybridized carbons (Fsp3) is 0.889. The molecule has 1 rings (SSSR count). The second-order valence-corrected chi connectivity index (χ2v) is 4.07. The molecule has 1 aliphatic rings. The van der Waals surface area contributed by atoms with Crippen LogP contribution in [0.2, 0.25) is 0 Å². The second kappa shape index (κ2) is 6.06. The minimum Gasteiger partial charge on any atom is -0.409 e. The predicted molar refractivity (Wildman–Crippen MR) is 57.0 cm³/mol. The quantitative estimate of drug-likeness (QED) is 0.328. The fourth-order valence-electron chi connectivity index (χ4n) is 1.72. The third-order valence-electron chi connectivity index (χ3n) is 2.69. The van der Waals surface area contributed by atoms with Gasteiger partial charge in [0.15, 0.2) is 5.84 Å². The third kappa shape index (κ3) is 5.73. The summed E-state index contributed by atoms with van der Waals surface area (Å²) >= 11 is 0. The van der Waals surface area contributed by atoms with Gasteiger partial charge in [0.1, 0.15) is 0 Å². The topological polar surface area (TPSA) is 65.1 Å². The summed E-state index contributed by atoms with van der Waals surface area (Å²) in [6, 6.07) is 0. The van der Waals surface area contributed by atoms with Gasteiger partial charge in [0, 0.05) is 32.7 Å². The molecule has 0 spiro atoms. The monoisotopic (exact) mass is 254 g/mol. The van der Waals surface area contributed by atoms with Crippen molar-refractivity contribution >= 4 is 5.84 Å². The maximum absolute atomic E-state index is 12.0. The van der Waals surface area contributed by atoms with E-state index in [4.69, 9.17) is 10.9 Å². The summed E-state index contributed by atoms with van der Waals surface area (Å²) < 4.78 is 36.0. The van der Waals surface area contributed by atoms with Crippen LogP contribution in [0.15, 0.2) is 5.16 Å². The lowest BCUT2D eigenvalue weighted by Crippen LogP contribution is -2.49. The van der Waals surface area contributed by atoms with Crippen LogP contribution < -0.4 is 5.73 Å². The Morgan fingerprint density at radius 3 is 2.18 bits per heavy atom. The van der Waals surface area contributed by atoms with Gasteiger partial charge >= 0.3 is 6.18 Å². The van der Waals surface area contributed by atoms with Crippen LogP contribution >= 0.6 is 0 Å². The number of hydrogen-bond acceptors (Lipinski definition) is 4. The molecule has 100 valence electrons. The highest BCUT2D eigenvalue weighted by molar-refractivity contribution is 5.81. The zero-order valence-electron chi connectivity index (χ0n) is 9.45. The first-order chi connectivity index (χ1) is 7.90. The molecule has 8 heteroatoms. The lowest BCUT2D eigenvalue weighted by molar-refractivity contribution is -0.138. The molecule has 17 heavy (non-hydrogen) atoms. The van der Waals surface area contributed by atoms with E-state index < -0.39 is 12.6 Å².